The molecule has 11 heteroatoms. The van der Waals surface area contributed by atoms with Crippen molar-refractivity contribution in [3.63, 3.8) is 0 Å². The van der Waals surface area contributed by atoms with E-state index in [-0.39, 0.29) is 55.8 Å². The molecule has 0 saturated heterocycles. The second-order valence-corrected chi connectivity index (χ2v) is 23.9. The lowest BCUT2D eigenvalue weighted by Gasteiger charge is -2.27. The van der Waals surface area contributed by atoms with Crippen molar-refractivity contribution in [3.8, 4) is 34.5 Å². The van der Waals surface area contributed by atoms with Gasteiger partial charge in [-0.3, -0.25) is 0 Å². The number of hydrogen-bond acceptors (Lipinski definition) is 8. The summed E-state index contributed by atoms with van der Waals surface area (Å²) in [5.74, 6) is 3.02. The Balaban J connectivity index is 1.56. The molecule has 0 N–H and O–H groups in total. The second-order valence-electron chi connectivity index (χ2n) is 20.1. The molecule has 6 aromatic rings. The van der Waals surface area contributed by atoms with Crippen molar-refractivity contribution in [3.05, 3.63) is 167 Å². The van der Waals surface area contributed by atoms with Crippen LogP contribution < -0.4 is 27.1 Å². The highest BCUT2D eigenvalue weighted by molar-refractivity contribution is 7.91. The molecule has 0 aliphatic carbocycles. The van der Waals surface area contributed by atoms with Crippen molar-refractivity contribution in [1.29, 1.82) is 0 Å². The van der Waals surface area contributed by atoms with Gasteiger partial charge in [0.05, 0.1) is 0 Å². The minimum Gasteiger partial charge on any atom is -0.408 e. The Hall–Kier alpha value is -5.07. The van der Waals surface area contributed by atoms with E-state index in [1.807, 2.05) is 109 Å². The zero-order valence-corrected chi connectivity index (χ0v) is 45.6. The van der Waals surface area contributed by atoms with Crippen LogP contribution in [0.2, 0.25) is 0 Å². The summed E-state index contributed by atoms with van der Waals surface area (Å²) < 4.78 is 72.8. The zero-order chi connectivity index (χ0) is 50.3. The van der Waals surface area contributed by atoms with Crippen molar-refractivity contribution >= 4 is 27.0 Å². The molecule has 69 heavy (non-hydrogen) atoms. The quantitative estimate of drug-likeness (QED) is 0.0622. The summed E-state index contributed by atoms with van der Waals surface area (Å²) in [7, 11) is -9.10. The summed E-state index contributed by atoms with van der Waals surface area (Å²) in [4.78, 5) is -0.0958. The minimum atomic E-state index is -4.50. The molecule has 0 bridgehead atoms. The number of benzene rings is 6. The maximum Gasteiger partial charge on any atom is 0.530 e. The molecule has 0 aromatic heterocycles. The predicted octanol–water partition coefficient (Wildman–Crippen LogP) is 17.9. The monoisotopic (exact) mass is 990 g/mol. The molecular formula is C58H72O8P2S. The van der Waals surface area contributed by atoms with Gasteiger partial charge in [0.2, 0.25) is 9.84 Å². The van der Waals surface area contributed by atoms with Crippen LogP contribution in [0.25, 0.3) is 0 Å². The predicted molar refractivity (Wildman–Crippen MR) is 285 cm³/mol. The third kappa shape index (κ3) is 12.8. The lowest BCUT2D eigenvalue weighted by molar-refractivity contribution is 0.378. The lowest BCUT2D eigenvalue weighted by Crippen LogP contribution is -2.18. The number of rotatable bonds is 22. The van der Waals surface area contributed by atoms with Gasteiger partial charge >= 0.3 is 17.2 Å². The van der Waals surface area contributed by atoms with Crippen LogP contribution in [0, 0.1) is 0 Å². The SMILES string of the molecule is CCC(C)(C)c1ccc(OP(Oc2ccccc2C(C)C)Oc2ccccc2C(C)C)c(S(=O)(=O)c2cc(C(C)(C)CC)ccc2OP(Oc2ccccc2C(C)C)Oc2ccccc2C(C)C)c1. The second kappa shape index (κ2) is 22.8. The summed E-state index contributed by atoms with van der Waals surface area (Å²) >= 11 is 0. The van der Waals surface area contributed by atoms with E-state index in [0.29, 0.717) is 23.0 Å². The van der Waals surface area contributed by atoms with Gasteiger partial charge < -0.3 is 27.1 Å². The molecule has 0 saturated carbocycles. The topological polar surface area (TPSA) is 89.5 Å². The van der Waals surface area contributed by atoms with Gasteiger partial charge in [-0.1, -0.05) is 182 Å². The molecule has 0 atom stereocenters. The normalized spacial score (nSPS) is 12.3. The zero-order valence-electron chi connectivity index (χ0n) is 43.0. The van der Waals surface area contributed by atoms with Crippen molar-refractivity contribution in [2.75, 3.05) is 0 Å². The Morgan fingerprint density at radius 3 is 0.884 bits per heavy atom. The molecule has 0 radical (unpaired) electrons. The van der Waals surface area contributed by atoms with Gasteiger partial charge in [-0.15, -0.1) is 0 Å². The minimum absolute atomic E-state index is 0.0479. The van der Waals surface area contributed by atoms with Crippen LogP contribution in [0.4, 0.5) is 0 Å². The molecule has 0 aliphatic heterocycles. The van der Waals surface area contributed by atoms with Crippen LogP contribution in [0.15, 0.2) is 143 Å². The molecule has 8 nitrogen and oxygen atoms in total. The Bertz CT molecular complexity index is 2490. The van der Waals surface area contributed by atoms with E-state index in [1.54, 1.807) is 24.3 Å². The Morgan fingerprint density at radius 1 is 0.391 bits per heavy atom. The van der Waals surface area contributed by atoms with Crippen molar-refractivity contribution in [1.82, 2.24) is 0 Å². The molecule has 368 valence electrons. The van der Waals surface area contributed by atoms with Gasteiger partial charge in [0.25, 0.3) is 0 Å². The van der Waals surface area contributed by atoms with Crippen LogP contribution >= 0.6 is 17.2 Å². The molecule has 6 aromatic carbocycles. The molecule has 0 heterocycles. The third-order valence-electron chi connectivity index (χ3n) is 13.0. The third-order valence-corrected chi connectivity index (χ3v) is 16.9. The van der Waals surface area contributed by atoms with E-state index >= 15 is 8.42 Å². The molecular weight excluding hydrogens is 919 g/mol. The van der Waals surface area contributed by atoms with Gasteiger partial charge in [-0.05, 0) is 129 Å². The van der Waals surface area contributed by atoms with E-state index in [2.05, 4.69) is 96.9 Å². The fraction of sp³-hybridized carbons (Fsp3) is 0.379. The summed E-state index contributed by atoms with van der Waals surface area (Å²) in [5, 5.41) is 0. The maximum absolute atomic E-state index is 16.1. The molecule has 0 spiro atoms. The number of para-hydroxylation sites is 4. The van der Waals surface area contributed by atoms with Crippen molar-refractivity contribution in [2.24, 2.45) is 0 Å². The Labute approximate surface area is 416 Å². The standard InChI is InChI=1S/C58H72O8P2S/c1-15-57(11,12)43-33-35-53(65-67(61-49-29-21-17-25-45(49)39(3)4)62-50-30-22-18-26-46(50)40(5)6)55(37-43)69(59,60)56-38-44(58(13,14)16-2)34-36-54(56)66-68(63-51-31-23-19-27-47(51)41(7)8)64-52-32-24-20-28-48(52)42(9)10/h17-42H,15-16H2,1-14H3. The molecule has 0 fully saturated rings. The smallest absolute Gasteiger partial charge is 0.408 e. The highest BCUT2D eigenvalue weighted by atomic mass is 32.2. The van der Waals surface area contributed by atoms with E-state index < -0.39 is 27.0 Å². The molecule has 0 amide bonds. The first-order valence-corrected chi connectivity index (χ1v) is 27.9. The van der Waals surface area contributed by atoms with Gasteiger partial charge in [-0.25, -0.2) is 8.42 Å². The van der Waals surface area contributed by atoms with Gasteiger partial charge in [0.15, 0.2) is 0 Å². The van der Waals surface area contributed by atoms with Gasteiger partial charge in [-0.2, -0.15) is 0 Å². The van der Waals surface area contributed by atoms with Crippen LogP contribution in [0.3, 0.4) is 0 Å². The largest absolute Gasteiger partial charge is 0.530 e. The summed E-state index contributed by atoms with van der Waals surface area (Å²) in [5.41, 5.74) is 4.74. The van der Waals surface area contributed by atoms with Crippen LogP contribution in [-0.4, -0.2) is 8.42 Å². The first-order chi connectivity index (χ1) is 32.7. The summed E-state index contributed by atoms with van der Waals surface area (Å²) in [6.45, 7) is 29.4. The molecule has 6 rings (SSSR count). The first-order valence-electron chi connectivity index (χ1n) is 24.2. The van der Waals surface area contributed by atoms with Gasteiger partial charge in [0, 0.05) is 0 Å². The number of sulfone groups is 1. The highest BCUT2D eigenvalue weighted by Crippen LogP contribution is 2.52. The average molecular weight is 991 g/mol. The Kier molecular flexibility index (Phi) is 17.6. The van der Waals surface area contributed by atoms with Gasteiger partial charge in [0.1, 0.15) is 44.3 Å². The number of hydrogen-bond donors (Lipinski definition) is 0. The summed E-state index contributed by atoms with van der Waals surface area (Å²) in [6.07, 6.45) is 1.51. The maximum atomic E-state index is 16.1. The van der Waals surface area contributed by atoms with Crippen LogP contribution in [0.1, 0.15) is 167 Å². The van der Waals surface area contributed by atoms with E-state index in [9.17, 15) is 0 Å². The fourth-order valence-electron chi connectivity index (χ4n) is 7.71. The first kappa shape index (κ1) is 53.3. The van der Waals surface area contributed by atoms with Crippen LogP contribution in [-0.2, 0) is 20.7 Å². The lowest BCUT2D eigenvalue weighted by atomic mass is 9.82. The summed E-state index contributed by atoms with van der Waals surface area (Å²) in [6, 6.07) is 42.0. The van der Waals surface area contributed by atoms with Crippen molar-refractivity contribution in [2.45, 2.75) is 154 Å². The van der Waals surface area contributed by atoms with Crippen LogP contribution in [0.5, 0.6) is 34.5 Å². The molecule has 0 unspecified atom stereocenters. The van der Waals surface area contributed by atoms with E-state index in [0.717, 1.165) is 46.2 Å². The van der Waals surface area contributed by atoms with E-state index in [4.69, 9.17) is 27.1 Å². The van der Waals surface area contributed by atoms with Crippen molar-refractivity contribution < 1.29 is 35.6 Å². The Morgan fingerprint density at radius 2 is 0.638 bits per heavy atom. The molecule has 0 aliphatic rings. The fourth-order valence-corrected chi connectivity index (χ4v) is 11.6. The van der Waals surface area contributed by atoms with E-state index in [1.165, 1.54) is 0 Å². The average Bonchev–Trinajstić information content (AvgIpc) is 3.32. The highest BCUT2D eigenvalue weighted by Gasteiger charge is 2.36.